The number of benzene rings is 1. The molecular weight excluding hydrogens is 330 g/mol. The zero-order valence-corrected chi connectivity index (χ0v) is 15.4. The summed E-state index contributed by atoms with van der Waals surface area (Å²) in [6, 6.07) is 7.55. The fourth-order valence-corrected chi connectivity index (χ4v) is 4.74. The topological polar surface area (TPSA) is 63.7 Å². The number of nitrogens with zero attached hydrogens (tertiary/aromatic N) is 1. The van der Waals surface area contributed by atoms with Crippen molar-refractivity contribution in [1.82, 2.24) is 4.90 Å². The van der Waals surface area contributed by atoms with Gasteiger partial charge in [-0.2, -0.15) is 0 Å². The second kappa shape index (κ2) is 5.79. The van der Waals surface area contributed by atoms with Crippen LogP contribution in [0.25, 0.3) is 0 Å². The van der Waals surface area contributed by atoms with E-state index in [0.717, 1.165) is 23.2 Å². The smallest absolute Gasteiger partial charge is 0.319 e. The molecule has 0 spiro atoms. The van der Waals surface area contributed by atoms with Crippen molar-refractivity contribution in [2.45, 2.75) is 39.2 Å². The number of allylic oxidation sites excluding steroid dienone is 2. The summed E-state index contributed by atoms with van der Waals surface area (Å²) < 4.78 is 4.96. The summed E-state index contributed by atoms with van der Waals surface area (Å²) in [6.07, 6.45) is 1.84. The molecule has 0 saturated carbocycles. The van der Waals surface area contributed by atoms with E-state index >= 15 is 0 Å². The van der Waals surface area contributed by atoms with Crippen LogP contribution in [0.2, 0.25) is 0 Å². The van der Waals surface area contributed by atoms with Gasteiger partial charge < -0.3 is 9.64 Å². The highest BCUT2D eigenvalue weighted by atomic mass is 16.5. The molecule has 1 aromatic rings. The van der Waals surface area contributed by atoms with Crippen molar-refractivity contribution >= 4 is 17.5 Å². The van der Waals surface area contributed by atoms with Crippen LogP contribution < -0.4 is 0 Å². The lowest BCUT2D eigenvalue weighted by Crippen LogP contribution is -2.52. The quantitative estimate of drug-likeness (QED) is 0.441. The minimum Gasteiger partial charge on any atom is -0.468 e. The molecule has 2 atom stereocenters. The third-order valence-corrected chi connectivity index (χ3v) is 5.83. The van der Waals surface area contributed by atoms with Gasteiger partial charge in [0.15, 0.2) is 11.6 Å². The van der Waals surface area contributed by atoms with E-state index in [2.05, 4.69) is 18.7 Å². The molecule has 1 unspecified atom stereocenters. The van der Waals surface area contributed by atoms with Gasteiger partial charge in [0.1, 0.15) is 5.92 Å². The molecule has 3 aliphatic rings. The van der Waals surface area contributed by atoms with Crippen LogP contribution in [0.1, 0.15) is 43.9 Å². The Bertz CT molecular complexity index is 851. The zero-order valence-electron chi connectivity index (χ0n) is 15.4. The summed E-state index contributed by atoms with van der Waals surface area (Å²) in [5.41, 5.74) is 3.01. The number of carbonyl (C=O) groups is 3. The van der Waals surface area contributed by atoms with Gasteiger partial charge in [-0.3, -0.25) is 14.4 Å². The Morgan fingerprint density at radius 2 is 1.92 bits per heavy atom. The van der Waals surface area contributed by atoms with E-state index in [1.807, 2.05) is 24.3 Å². The average molecular weight is 353 g/mol. The molecule has 1 aromatic carbocycles. The number of methoxy groups -OCH3 is 1. The molecule has 0 amide bonds. The standard InChI is InChI=1S/C21H23NO4/c1-21(2)10-14-16(15(23)11-21)19(24)17(20(25)26-3)18-13-7-5-4-6-12(13)8-9-22(14)18/h4-7,17-18H,8-11H2,1-3H3/t17?,18-/m0/s1. The third-order valence-electron chi connectivity index (χ3n) is 5.83. The van der Waals surface area contributed by atoms with Crippen LogP contribution in [0, 0.1) is 11.3 Å². The van der Waals surface area contributed by atoms with Gasteiger partial charge in [0.2, 0.25) is 0 Å². The Morgan fingerprint density at radius 3 is 2.65 bits per heavy atom. The maximum atomic E-state index is 13.2. The van der Waals surface area contributed by atoms with E-state index in [0.29, 0.717) is 19.4 Å². The van der Waals surface area contributed by atoms with Gasteiger partial charge in [0.25, 0.3) is 0 Å². The maximum Gasteiger partial charge on any atom is 0.319 e. The van der Waals surface area contributed by atoms with E-state index in [4.69, 9.17) is 4.74 Å². The largest absolute Gasteiger partial charge is 0.468 e. The molecule has 0 N–H and O–H groups in total. The second-order valence-electron chi connectivity index (χ2n) is 8.21. The van der Waals surface area contributed by atoms with Gasteiger partial charge in [0.05, 0.1) is 18.7 Å². The van der Waals surface area contributed by atoms with Crippen molar-refractivity contribution in [2.24, 2.45) is 11.3 Å². The van der Waals surface area contributed by atoms with Gasteiger partial charge >= 0.3 is 5.97 Å². The van der Waals surface area contributed by atoms with E-state index < -0.39 is 11.9 Å². The molecule has 4 rings (SSSR count). The molecule has 0 saturated heterocycles. The lowest BCUT2D eigenvalue weighted by Gasteiger charge is -2.49. The molecule has 136 valence electrons. The summed E-state index contributed by atoms with van der Waals surface area (Å²) >= 11 is 0. The SMILES string of the molecule is COC(=O)C1C(=O)C2=C(CC(C)(C)CC2=O)N2CCc3ccccc3[C@@H]12. The van der Waals surface area contributed by atoms with Gasteiger partial charge in [-0.15, -0.1) is 0 Å². The van der Waals surface area contributed by atoms with Gasteiger partial charge in [0, 0.05) is 18.7 Å². The monoisotopic (exact) mass is 353 g/mol. The number of hydrogen-bond acceptors (Lipinski definition) is 5. The predicted octanol–water partition coefficient (Wildman–Crippen LogP) is 2.60. The minimum absolute atomic E-state index is 0.146. The predicted molar refractivity (Wildman–Crippen MR) is 95.2 cm³/mol. The molecule has 5 heteroatoms. The van der Waals surface area contributed by atoms with Crippen molar-refractivity contribution in [3.63, 3.8) is 0 Å². The van der Waals surface area contributed by atoms with Crippen molar-refractivity contribution < 1.29 is 19.1 Å². The lowest BCUT2D eigenvalue weighted by atomic mass is 9.68. The van der Waals surface area contributed by atoms with Crippen molar-refractivity contribution in [2.75, 3.05) is 13.7 Å². The van der Waals surface area contributed by atoms with Crippen LogP contribution in [-0.4, -0.2) is 36.1 Å². The first-order valence-electron chi connectivity index (χ1n) is 9.07. The molecule has 0 fully saturated rings. The summed E-state index contributed by atoms with van der Waals surface area (Å²) in [6.45, 7) is 4.81. The van der Waals surface area contributed by atoms with Crippen LogP contribution in [0.15, 0.2) is 35.5 Å². The van der Waals surface area contributed by atoms with Crippen molar-refractivity contribution in [1.29, 1.82) is 0 Å². The molecule has 0 bridgehead atoms. The molecule has 2 heterocycles. The summed E-state index contributed by atoms with van der Waals surface area (Å²) in [5.74, 6) is -2.06. The molecule has 26 heavy (non-hydrogen) atoms. The normalized spacial score (nSPS) is 26.8. The number of rotatable bonds is 1. The minimum atomic E-state index is -0.981. The number of Topliss-reactive ketones (excluding diaryl/α,β-unsaturated/α-hetero) is 2. The van der Waals surface area contributed by atoms with Gasteiger partial charge in [-0.1, -0.05) is 38.1 Å². The summed E-state index contributed by atoms with van der Waals surface area (Å²) in [5, 5.41) is 0. The van der Waals surface area contributed by atoms with Crippen LogP contribution in [0.4, 0.5) is 0 Å². The molecular formula is C21H23NO4. The third kappa shape index (κ3) is 2.41. The Labute approximate surface area is 153 Å². The van der Waals surface area contributed by atoms with Crippen LogP contribution in [0.3, 0.4) is 0 Å². The first-order valence-corrected chi connectivity index (χ1v) is 9.07. The second-order valence-corrected chi connectivity index (χ2v) is 8.21. The average Bonchev–Trinajstić information content (AvgIpc) is 2.59. The highest BCUT2D eigenvalue weighted by Crippen LogP contribution is 2.49. The highest BCUT2D eigenvalue weighted by Gasteiger charge is 2.52. The Hall–Kier alpha value is -2.43. The first kappa shape index (κ1) is 17.0. The number of carbonyl (C=O) groups excluding carboxylic acids is 3. The molecule has 0 aromatic heterocycles. The highest BCUT2D eigenvalue weighted by molar-refractivity contribution is 6.26. The van der Waals surface area contributed by atoms with Crippen LogP contribution in [-0.2, 0) is 25.5 Å². The van der Waals surface area contributed by atoms with Gasteiger partial charge in [-0.25, -0.2) is 0 Å². The number of ether oxygens (including phenoxy) is 1. The molecule has 2 aliphatic heterocycles. The molecule has 1 aliphatic carbocycles. The number of hydrogen-bond donors (Lipinski definition) is 0. The molecule has 0 radical (unpaired) electrons. The molecule has 5 nitrogen and oxygen atoms in total. The Balaban J connectivity index is 1.92. The first-order chi connectivity index (χ1) is 12.3. The van der Waals surface area contributed by atoms with Crippen LogP contribution in [0.5, 0.6) is 0 Å². The lowest BCUT2D eigenvalue weighted by molar-refractivity contribution is -0.152. The van der Waals surface area contributed by atoms with Gasteiger partial charge in [-0.05, 0) is 29.4 Å². The fraction of sp³-hybridized carbons (Fsp3) is 0.476. The van der Waals surface area contributed by atoms with E-state index in [9.17, 15) is 14.4 Å². The number of fused-ring (bicyclic) bond motifs is 4. The maximum absolute atomic E-state index is 13.2. The fourth-order valence-electron chi connectivity index (χ4n) is 4.74. The zero-order chi connectivity index (χ0) is 18.6. The van der Waals surface area contributed by atoms with E-state index in [1.165, 1.54) is 7.11 Å². The van der Waals surface area contributed by atoms with E-state index in [1.54, 1.807) is 0 Å². The van der Waals surface area contributed by atoms with Crippen LogP contribution >= 0.6 is 0 Å². The van der Waals surface area contributed by atoms with Crippen molar-refractivity contribution in [3.8, 4) is 0 Å². The Kier molecular flexibility index (Phi) is 3.79. The number of ketones is 2. The summed E-state index contributed by atoms with van der Waals surface area (Å²) in [4.78, 5) is 40.7. The van der Waals surface area contributed by atoms with E-state index in [-0.39, 0.29) is 28.6 Å². The van der Waals surface area contributed by atoms with Crippen molar-refractivity contribution in [3.05, 3.63) is 46.7 Å². The number of esters is 1. The Morgan fingerprint density at radius 1 is 1.19 bits per heavy atom. The summed E-state index contributed by atoms with van der Waals surface area (Å²) in [7, 11) is 1.30.